The molecule has 0 bridgehead atoms. The maximum absolute atomic E-state index is 12.0. The van der Waals surface area contributed by atoms with Gasteiger partial charge < -0.3 is 9.17 Å². The number of aromatic nitrogens is 1. The van der Waals surface area contributed by atoms with Crippen molar-refractivity contribution in [3.8, 4) is 5.88 Å². The van der Waals surface area contributed by atoms with Crippen molar-refractivity contribution in [1.29, 1.82) is 0 Å². The Morgan fingerprint density at radius 1 is 1.37 bits per heavy atom. The Balaban J connectivity index is 1.95. The second kappa shape index (κ2) is 3.99. The molecule has 1 saturated heterocycles. The lowest BCUT2D eigenvalue weighted by Crippen LogP contribution is -2.55. The Kier molecular flexibility index (Phi) is 2.53. The summed E-state index contributed by atoms with van der Waals surface area (Å²) in [6, 6.07) is 6.86. The molecule has 7 heteroatoms. The molecule has 1 aromatic carbocycles. The van der Waals surface area contributed by atoms with E-state index in [-0.39, 0.29) is 18.3 Å². The molecule has 1 amide bonds. The number of H-pyrrole nitrogens is 1. The average Bonchev–Trinajstić information content (AvgIpc) is 2.71. The van der Waals surface area contributed by atoms with Crippen molar-refractivity contribution in [3.63, 3.8) is 0 Å². The van der Waals surface area contributed by atoms with Crippen molar-refractivity contribution < 1.29 is 17.4 Å². The monoisotopic (exact) mass is 280 g/mol. The summed E-state index contributed by atoms with van der Waals surface area (Å²) in [4.78, 5) is 14.1. The largest absolute Gasteiger partial charge is 0.413 e. The molecular weight excluding hydrogens is 268 g/mol. The predicted octanol–water partition coefficient (Wildman–Crippen LogP) is 1.41. The van der Waals surface area contributed by atoms with Gasteiger partial charge in [0.2, 0.25) is 11.8 Å². The first kappa shape index (κ1) is 12.0. The van der Waals surface area contributed by atoms with Gasteiger partial charge in [-0.15, -0.1) is 0 Å². The van der Waals surface area contributed by atoms with E-state index in [9.17, 15) is 13.2 Å². The summed E-state index contributed by atoms with van der Waals surface area (Å²) in [5.74, 6) is -0.314. The van der Waals surface area contributed by atoms with Crippen LogP contribution in [0.5, 0.6) is 5.88 Å². The van der Waals surface area contributed by atoms with Gasteiger partial charge in [0.1, 0.15) is 0 Å². The van der Waals surface area contributed by atoms with Crippen molar-refractivity contribution in [2.75, 3.05) is 0 Å². The fourth-order valence-electron chi connectivity index (χ4n) is 2.17. The van der Waals surface area contributed by atoms with Crippen LogP contribution in [-0.4, -0.2) is 29.7 Å². The van der Waals surface area contributed by atoms with Gasteiger partial charge >= 0.3 is 10.3 Å². The van der Waals surface area contributed by atoms with Gasteiger partial charge in [-0.2, -0.15) is 8.42 Å². The summed E-state index contributed by atoms with van der Waals surface area (Å²) in [5, 5.41) is 1.50. The van der Waals surface area contributed by atoms with Gasteiger partial charge in [0, 0.05) is 23.4 Å². The summed E-state index contributed by atoms with van der Waals surface area (Å²) in [7, 11) is -4.08. The Morgan fingerprint density at radius 3 is 2.79 bits per heavy atom. The molecule has 0 aliphatic carbocycles. The van der Waals surface area contributed by atoms with Gasteiger partial charge in [-0.05, 0) is 13.0 Å². The van der Waals surface area contributed by atoms with E-state index in [1.165, 1.54) is 0 Å². The molecule has 1 aromatic heterocycles. The third kappa shape index (κ3) is 1.86. The van der Waals surface area contributed by atoms with Gasteiger partial charge in [0.05, 0.1) is 6.04 Å². The number of nitrogens with one attached hydrogen (secondary N) is 1. The van der Waals surface area contributed by atoms with Gasteiger partial charge in [-0.1, -0.05) is 18.2 Å². The molecule has 2 heterocycles. The first-order valence-corrected chi connectivity index (χ1v) is 7.18. The van der Waals surface area contributed by atoms with E-state index in [0.717, 1.165) is 9.69 Å². The molecule has 1 unspecified atom stereocenters. The van der Waals surface area contributed by atoms with Crippen molar-refractivity contribution in [2.24, 2.45) is 0 Å². The molecule has 1 atom stereocenters. The van der Waals surface area contributed by atoms with Crippen LogP contribution in [0, 0.1) is 0 Å². The molecule has 0 radical (unpaired) electrons. The Morgan fingerprint density at radius 2 is 2.11 bits per heavy atom. The van der Waals surface area contributed by atoms with Crippen molar-refractivity contribution >= 4 is 27.0 Å². The highest BCUT2D eigenvalue weighted by Crippen LogP contribution is 2.29. The van der Waals surface area contributed by atoms with Crippen LogP contribution in [0.3, 0.4) is 0 Å². The van der Waals surface area contributed by atoms with Crippen molar-refractivity contribution in [3.05, 3.63) is 30.5 Å². The van der Waals surface area contributed by atoms with Gasteiger partial charge in [0.15, 0.2) is 0 Å². The number of carbonyl (C=O) groups excluding carboxylic acids is 1. The number of nitrogens with zero attached hydrogens (tertiary/aromatic N) is 1. The highest BCUT2D eigenvalue weighted by molar-refractivity contribution is 7.85. The quantitative estimate of drug-likeness (QED) is 0.862. The van der Waals surface area contributed by atoms with Gasteiger partial charge in [-0.25, -0.2) is 4.31 Å². The smallest absolute Gasteiger partial charge is 0.347 e. The van der Waals surface area contributed by atoms with Gasteiger partial charge in [0.25, 0.3) is 0 Å². The summed E-state index contributed by atoms with van der Waals surface area (Å²) in [5.41, 5.74) is 0. The van der Waals surface area contributed by atoms with E-state index in [1.54, 1.807) is 25.3 Å². The van der Waals surface area contributed by atoms with E-state index in [2.05, 4.69) is 4.98 Å². The summed E-state index contributed by atoms with van der Waals surface area (Å²) in [6.45, 7) is 1.66. The minimum atomic E-state index is -4.08. The average molecular weight is 280 g/mol. The molecule has 6 nitrogen and oxygen atoms in total. The first-order chi connectivity index (χ1) is 8.99. The molecule has 1 N–H and O–H groups in total. The minimum Gasteiger partial charge on any atom is -0.347 e. The van der Waals surface area contributed by atoms with Crippen molar-refractivity contribution in [1.82, 2.24) is 9.29 Å². The predicted molar refractivity (Wildman–Crippen MR) is 68.8 cm³/mol. The van der Waals surface area contributed by atoms with E-state index >= 15 is 0 Å². The molecule has 3 rings (SSSR count). The van der Waals surface area contributed by atoms with Crippen LogP contribution in [0.4, 0.5) is 0 Å². The summed E-state index contributed by atoms with van der Waals surface area (Å²) < 4.78 is 29.8. The van der Waals surface area contributed by atoms with E-state index in [4.69, 9.17) is 4.18 Å². The van der Waals surface area contributed by atoms with E-state index in [1.807, 2.05) is 12.1 Å². The number of hydrogen-bond acceptors (Lipinski definition) is 4. The molecule has 0 saturated carbocycles. The number of benzene rings is 1. The zero-order valence-corrected chi connectivity index (χ0v) is 11.0. The lowest BCUT2D eigenvalue weighted by molar-refractivity contribution is -0.137. The minimum absolute atomic E-state index is 0.127. The maximum atomic E-state index is 12.0. The molecule has 1 aliphatic heterocycles. The number of β-lactam (4-membered cyclic amide) rings is 1. The second-order valence-electron chi connectivity index (χ2n) is 4.49. The Bertz CT molecular complexity index is 750. The SMILES string of the molecule is CC1CC(=O)N1S(=O)(=O)Oc1[nH]cc2ccccc12. The van der Waals surface area contributed by atoms with Gasteiger partial charge in [-0.3, -0.25) is 4.79 Å². The summed E-state index contributed by atoms with van der Waals surface area (Å²) >= 11 is 0. The number of aromatic amines is 1. The number of rotatable bonds is 3. The van der Waals surface area contributed by atoms with Crippen LogP contribution in [0.1, 0.15) is 13.3 Å². The molecule has 1 aliphatic rings. The Labute approximate surface area is 110 Å². The maximum Gasteiger partial charge on any atom is 0.413 e. The van der Waals surface area contributed by atoms with Crippen LogP contribution < -0.4 is 4.18 Å². The Hall–Kier alpha value is -2.02. The number of hydrogen-bond donors (Lipinski definition) is 1. The van der Waals surface area contributed by atoms with Crippen LogP contribution in [-0.2, 0) is 15.1 Å². The number of carbonyl (C=O) groups is 1. The topological polar surface area (TPSA) is 79.5 Å². The normalized spacial score (nSPS) is 19.5. The highest BCUT2D eigenvalue weighted by Gasteiger charge is 2.43. The molecule has 1 fully saturated rings. The second-order valence-corrected chi connectivity index (χ2v) is 5.90. The lowest BCUT2D eigenvalue weighted by atomic mass is 10.1. The van der Waals surface area contributed by atoms with Crippen molar-refractivity contribution in [2.45, 2.75) is 19.4 Å². The van der Waals surface area contributed by atoms with Crippen LogP contribution in [0.2, 0.25) is 0 Å². The fraction of sp³-hybridized carbons (Fsp3) is 0.250. The van der Waals surface area contributed by atoms with Crippen LogP contribution in [0.15, 0.2) is 30.5 Å². The highest BCUT2D eigenvalue weighted by atomic mass is 32.2. The number of fused-ring (bicyclic) bond motifs is 1. The summed E-state index contributed by atoms with van der Waals surface area (Å²) in [6.07, 6.45) is 1.88. The zero-order valence-electron chi connectivity index (χ0n) is 10.2. The molecular formula is C12H12N2O4S. The molecule has 0 spiro atoms. The molecule has 100 valence electrons. The fourth-order valence-corrected chi connectivity index (χ4v) is 3.44. The standard InChI is InChI=1S/C12H12N2O4S/c1-8-6-11(15)14(8)19(16,17)18-12-10-5-3-2-4-9(10)7-13-12/h2-5,7-8,13H,6H2,1H3. The third-order valence-corrected chi connectivity index (χ3v) is 4.53. The van der Waals surface area contributed by atoms with E-state index < -0.39 is 16.2 Å². The first-order valence-electron chi connectivity index (χ1n) is 5.82. The zero-order chi connectivity index (χ0) is 13.6. The van der Waals surface area contributed by atoms with Crippen LogP contribution in [0.25, 0.3) is 10.8 Å². The number of amides is 1. The molecule has 2 aromatic rings. The van der Waals surface area contributed by atoms with Crippen LogP contribution >= 0.6 is 0 Å². The lowest BCUT2D eigenvalue weighted by Gasteiger charge is -2.35. The van der Waals surface area contributed by atoms with E-state index in [0.29, 0.717) is 5.39 Å². The molecule has 19 heavy (non-hydrogen) atoms. The third-order valence-electron chi connectivity index (χ3n) is 3.11.